The predicted molar refractivity (Wildman–Crippen MR) is 79.6 cm³/mol. The van der Waals surface area contributed by atoms with E-state index in [1.165, 1.54) is 51.7 Å². The number of nitrogens with zero attached hydrogens (tertiary/aromatic N) is 2. The molecule has 0 aromatic heterocycles. The molecule has 2 heterocycles. The average Bonchev–Trinajstić information content (AvgIpc) is 2.45. The van der Waals surface area contributed by atoms with Crippen LogP contribution in [0.2, 0.25) is 0 Å². The molecule has 0 bridgehead atoms. The van der Waals surface area contributed by atoms with Crippen molar-refractivity contribution >= 4 is 0 Å². The van der Waals surface area contributed by atoms with E-state index in [1.807, 2.05) is 0 Å². The number of ether oxygens (including phenoxy) is 1. The third-order valence-corrected chi connectivity index (χ3v) is 4.47. The predicted octanol–water partition coefficient (Wildman–Crippen LogP) is 1.17. The molecule has 1 atom stereocenters. The van der Waals surface area contributed by atoms with Gasteiger partial charge in [-0.15, -0.1) is 0 Å². The zero-order valence-corrected chi connectivity index (χ0v) is 12.7. The van der Waals surface area contributed by atoms with Gasteiger partial charge >= 0.3 is 0 Å². The van der Waals surface area contributed by atoms with Gasteiger partial charge in [-0.25, -0.2) is 0 Å². The molecule has 4 heteroatoms. The Labute approximate surface area is 118 Å². The van der Waals surface area contributed by atoms with Crippen LogP contribution in [0.25, 0.3) is 0 Å². The van der Waals surface area contributed by atoms with Gasteiger partial charge in [0.25, 0.3) is 0 Å². The molecule has 0 aliphatic carbocycles. The Morgan fingerprint density at radius 1 is 1.21 bits per heavy atom. The first-order valence-electron chi connectivity index (χ1n) is 7.97. The van der Waals surface area contributed by atoms with Crippen molar-refractivity contribution in [3.8, 4) is 0 Å². The van der Waals surface area contributed by atoms with E-state index in [0.29, 0.717) is 6.10 Å². The topological polar surface area (TPSA) is 27.7 Å². The van der Waals surface area contributed by atoms with Crippen molar-refractivity contribution in [1.82, 2.24) is 15.1 Å². The standard InChI is InChI=1S/C15H31N3O/c1-17(2)14-5-3-10-18(13-14)11-4-12-19-15-6-8-16-9-7-15/h14-16H,3-13H2,1-2H3. The molecule has 2 rings (SSSR count). The Morgan fingerprint density at radius 3 is 2.74 bits per heavy atom. The molecule has 2 fully saturated rings. The maximum Gasteiger partial charge on any atom is 0.0599 e. The highest BCUT2D eigenvalue weighted by Crippen LogP contribution is 2.14. The van der Waals surface area contributed by atoms with Crippen LogP contribution >= 0.6 is 0 Å². The summed E-state index contributed by atoms with van der Waals surface area (Å²) in [5.41, 5.74) is 0. The Balaban J connectivity index is 1.55. The molecule has 1 N–H and O–H groups in total. The maximum absolute atomic E-state index is 5.97. The van der Waals surface area contributed by atoms with Crippen LogP contribution in [0.15, 0.2) is 0 Å². The number of nitrogens with one attached hydrogen (secondary N) is 1. The Kier molecular flexibility index (Phi) is 6.57. The van der Waals surface area contributed by atoms with Gasteiger partial charge in [-0.2, -0.15) is 0 Å². The maximum atomic E-state index is 5.97. The van der Waals surface area contributed by atoms with Gasteiger partial charge in [0.2, 0.25) is 0 Å². The van der Waals surface area contributed by atoms with E-state index < -0.39 is 0 Å². The average molecular weight is 269 g/mol. The minimum absolute atomic E-state index is 0.511. The molecule has 1 unspecified atom stereocenters. The van der Waals surface area contributed by atoms with Gasteiger partial charge in [0.05, 0.1) is 6.10 Å². The second-order valence-electron chi connectivity index (χ2n) is 6.23. The fraction of sp³-hybridized carbons (Fsp3) is 1.00. The van der Waals surface area contributed by atoms with E-state index in [-0.39, 0.29) is 0 Å². The minimum atomic E-state index is 0.511. The molecule has 2 aliphatic rings. The monoisotopic (exact) mass is 269 g/mol. The van der Waals surface area contributed by atoms with E-state index >= 15 is 0 Å². The lowest BCUT2D eigenvalue weighted by Gasteiger charge is -2.36. The second-order valence-corrected chi connectivity index (χ2v) is 6.23. The highest BCUT2D eigenvalue weighted by atomic mass is 16.5. The van der Waals surface area contributed by atoms with E-state index in [2.05, 4.69) is 29.2 Å². The van der Waals surface area contributed by atoms with Crippen molar-refractivity contribution in [2.45, 2.75) is 44.2 Å². The summed E-state index contributed by atoms with van der Waals surface area (Å²) in [6.07, 6.45) is 6.77. The molecule has 0 saturated carbocycles. The summed E-state index contributed by atoms with van der Waals surface area (Å²) >= 11 is 0. The van der Waals surface area contributed by atoms with Crippen LogP contribution in [-0.2, 0) is 4.74 Å². The largest absolute Gasteiger partial charge is 0.378 e. The number of piperidine rings is 2. The van der Waals surface area contributed by atoms with E-state index in [1.54, 1.807) is 0 Å². The summed E-state index contributed by atoms with van der Waals surface area (Å²) in [6, 6.07) is 0.749. The summed E-state index contributed by atoms with van der Waals surface area (Å²) in [6.45, 7) is 6.91. The molecular formula is C15H31N3O. The van der Waals surface area contributed by atoms with Crippen molar-refractivity contribution in [3.05, 3.63) is 0 Å². The third kappa shape index (κ3) is 5.38. The van der Waals surface area contributed by atoms with Gasteiger partial charge in [0, 0.05) is 25.7 Å². The summed E-state index contributed by atoms with van der Waals surface area (Å²) in [7, 11) is 4.41. The molecule has 0 aromatic rings. The van der Waals surface area contributed by atoms with Gasteiger partial charge in [0.1, 0.15) is 0 Å². The summed E-state index contributed by atoms with van der Waals surface area (Å²) in [4.78, 5) is 4.98. The molecule has 112 valence electrons. The lowest BCUT2D eigenvalue weighted by molar-refractivity contribution is 0.0251. The van der Waals surface area contributed by atoms with Crippen LogP contribution in [0, 0.1) is 0 Å². The number of hydrogen-bond donors (Lipinski definition) is 1. The lowest BCUT2D eigenvalue weighted by Crippen LogP contribution is -2.45. The van der Waals surface area contributed by atoms with Gasteiger partial charge in [-0.3, -0.25) is 0 Å². The normalized spacial score (nSPS) is 27.0. The lowest BCUT2D eigenvalue weighted by atomic mass is 10.0. The fourth-order valence-electron chi connectivity index (χ4n) is 3.16. The number of hydrogen-bond acceptors (Lipinski definition) is 4. The van der Waals surface area contributed by atoms with E-state index in [9.17, 15) is 0 Å². The number of rotatable bonds is 6. The number of likely N-dealkylation sites (tertiary alicyclic amines) is 1. The van der Waals surface area contributed by atoms with Crippen molar-refractivity contribution < 1.29 is 4.74 Å². The molecule has 19 heavy (non-hydrogen) atoms. The Bertz CT molecular complexity index is 242. The molecule has 0 aromatic carbocycles. The third-order valence-electron chi connectivity index (χ3n) is 4.47. The molecule has 0 spiro atoms. The van der Waals surface area contributed by atoms with Crippen LogP contribution in [0.3, 0.4) is 0 Å². The van der Waals surface area contributed by atoms with Crippen LogP contribution in [0.4, 0.5) is 0 Å². The Morgan fingerprint density at radius 2 is 2.00 bits per heavy atom. The molecule has 0 amide bonds. The van der Waals surface area contributed by atoms with Crippen LogP contribution < -0.4 is 5.32 Å². The fourth-order valence-corrected chi connectivity index (χ4v) is 3.16. The second kappa shape index (κ2) is 8.20. The van der Waals surface area contributed by atoms with Gasteiger partial charge in [-0.1, -0.05) is 0 Å². The SMILES string of the molecule is CN(C)C1CCCN(CCCOC2CCNCC2)C1. The summed E-state index contributed by atoms with van der Waals surface area (Å²) < 4.78 is 5.97. The zero-order valence-electron chi connectivity index (χ0n) is 12.7. The van der Waals surface area contributed by atoms with E-state index in [4.69, 9.17) is 4.74 Å². The Hall–Kier alpha value is -0.160. The first-order valence-corrected chi connectivity index (χ1v) is 7.97. The van der Waals surface area contributed by atoms with Crippen molar-refractivity contribution in [1.29, 1.82) is 0 Å². The van der Waals surface area contributed by atoms with Crippen LogP contribution in [0.1, 0.15) is 32.1 Å². The molecule has 2 saturated heterocycles. The minimum Gasteiger partial charge on any atom is -0.378 e. The van der Waals surface area contributed by atoms with Crippen molar-refractivity contribution in [3.63, 3.8) is 0 Å². The first-order chi connectivity index (χ1) is 9.25. The smallest absolute Gasteiger partial charge is 0.0599 e. The zero-order chi connectivity index (χ0) is 13.5. The molecule has 4 nitrogen and oxygen atoms in total. The summed E-state index contributed by atoms with van der Waals surface area (Å²) in [5.74, 6) is 0. The van der Waals surface area contributed by atoms with Crippen molar-refractivity contribution in [2.75, 3.05) is 53.4 Å². The molecule has 2 aliphatic heterocycles. The highest BCUT2D eigenvalue weighted by Gasteiger charge is 2.21. The van der Waals surface area contributed by atoms with Crippen LogP contribution in [0.5, 0.6) is 0 Å². The highest BCUT2D eigenvalue weighted by molar-refractivity contribution is 4.77. The van der Waals surface area contributed by atoms with Gasteiger partial charge in [-0.05, 0) is 65.8 Å². The first kappa shape index (κ1) is 15.2. The van der Waals surface area contributed by atoms with E-state index in [0.717, 1.165) is 25.7 Å². The molecular weight excluding hydrogens is 238 g/mol. The van der Waals surface area contributed by atoms with Gasteiger partial charge < -0.3 is 19.9 Å². The molecule has 0 radical (unpaired) electrons. The number of likely N-dealkylation sites (N-methyl/N-ethyl adjacent to an activating group) is 1. The van der Waals surface area contributed by atoms with Crippen LogP contribution in [-0.4, -0.2) is 75.4 Å². The van der Waals surface area contributed by atoms with Crippen molar-refractivity contribution in [2.24, 2.45) is 0 Å². The summed E-state index contributed by atoms with van der Waals surface area (Å²) in [5, 5.41) is 3.38. The van der Waals surface area contributed by atoms with Gasteiger partial charge in [0.15, 0.2) is 0 Å². The quantitative estimate of drug-likeness (QED) is 0.733.